The fourth-order valence-electron chi connectivity index (χ4n) is 2.55. The summed E-state index contributed by atoms with van der Waals surface area (Å²) in [6.45, 7) is 4.13. The number of hydrogen-bond acceptors (Lipinski definition) is 4. The highest BCUT2D eigenvalue weighted by atomic mass is 35.5. The van der Waals surface area contributed by atoms with Crippen molar-refractivity contribution < 1.29 is 4.79 Å². The van der Waals surface area contributed by atoms with E-state index >= 15 is 0 Å². The molecule has 1 saturated heterocycles. The van der Waals surface area contributed by atoms with E-state index in [-0.39, 0.29) is 17.6 Å². The van der Waals surface area contributed by atoms with Crippen LogP contribution in [0.4, 0.5) is 5.82 Å². The Kier molecular flexibility index (Phi) is 4.83. The number of carbonyl (C=O) groups is 1. The van der Waals surface area contributed by atoms with Crippen molar-refractivity contribution in [3.63, 3.8) is 0 Å². The van der Waals surface area contributed by atoms with Gasteiger partial charge in [-0.1, -0.05) is 18.5 Å². The summed E-state index contributed by atoms with van der Waals surface area (Å²) < 4.78 is 0. The highest BCUT2D eigenvalue weighted by Crippen LogP contribution is 2.19. The van der Waals surface area contributed by atoms with Gasteiger partial charge in [-0.2, -0.15) is 0 Å². The van der Waals surface area contributed by atoms with Crippen molar-refractivity contribution in [1.29, 1.82) is 0 Å². The van der Waals surface area contributed by atoms with Crippen molar-refractivity contribution >= 4 is 23.3 Å². The summed E-state index contributed by atoms with van der Waals surface area (Å²) >= 11 is 6.07. The van der Waals surface area contributed by atoms with Gasteiger partial charge in [0.25, 0.3) is 5.91 Å². The predicted molar refractivity (Wildman–Crippen MR) is 81.3 cm³/mol. The van der Waals surface area contributed by atoms with E-state index in [9.17, 15) is 4.79 Å². The van der Waals surface area contributed by atoms with Crippen molar-refractivity contribution in [2.75, 3.05) is 32.5 Å². The van der Waals surface area contributed by atoms with Gasteiger partial charge >= 0.3 is 0 Å². The molecule has 5 nitrogen and oxygen atoms in total. The number of amides is 1. The topological polar surface area (TPSA) is 57.3 Å². The number of piperidine rings is 1. The number of aromatic nitrogens is 1. The van der Waals surface area contributed by atoms with Crippen LogP contribution in [0.1, 0.15) is 23.8 Å². The van der Waals surface area contributed by atoms with Gasteiger partial charge in [0.1, 0.15) is 11.5 Å². The van der Waals surface area contributed by atoms with Crippen LogP contribution in [0.15, 0.2) is 12.1 Å². The SMILES string of the molecule is CNc1ccc(Cl)c(C(=O)NC2CCN(C)CC2C)n1. The summed E-state index contributed by atoms with van der Waals surface area (Å²) in [6.07, 6.45) is 0.951. The molecule has 2 N–H and O–H groups in total. The van der Waals surface area contributed by atoms with Crippen molar-refractivity contribution in [3.8, 4) is 0 Å². The molecule has 1 aliphatic heterocycles. The zero-order valence-electron chi connectivity index (χ0n) is 12.1. The van der Waals surface area contributed by atoms with Crippen LogP contribution in [0, 0.1) is 5.92 Å². The third kappa shape index (κ3) is 3.41. The second-order valence-electron chi connectivity index (χ2n) is 5.39. The molecule has 2 unspecified atom stereocenters. The molecule has 0 spiro atoms. The van der Waals surface area contributed by atoms with Gasteiger partial charge < -0.3 is 15.5 Å². The molecular weight excluding hydrogens is 276 g/mol. The van der Waals surface area contributed by atoms with Gasteiger partial charge in [-0.15, -0.1) is 0 Å². The van der Waals surface area contributed by atoms with Crippen LogP contribution in [0.2, 0.25) is 5.02 Å². The van der Waals surface area contributed by atoms with Gasteiger partial charge in [-0.25, -0.2) is 4.98 Å². The van der Waals surface area contributed by atoms with Crippen LogP contribution < -0.4 is 10.6 Å². The molecule has 0 bridgehead atoms. The number of nitrogens with one attached hydrogen (secondary N) is 2. The fourth-order valence-corrected chi connectivity index (χ4v) is 2.74. The molecule has 1 aromatic heterocycles. The number of pyridine rings is 1. The minimum atomic E-state index is -0.200. The van der Waals surface area contributed by atoms with Crippen molar-refractivity contribution in [3.05, 3.63) is 22.8 Å². The van der Waals surface area contributed by atoms with E-state index in [1.807, 2.05) is 0 Å². The molecule has 1 aromatic rings. The Morgan fingerprint density at radius 3 is 2.90 bits per heavy atom. The van der Waals surface area contributed by atoms with Gasteiger partial charge in [-0.3, -0.25) is 4.79 Å². The van der Waals surface area contributed by atoms with Crippen LogP contribution in [0.25, 0.3) is 0 Å². The maximum absolute atomic E-state index is 12.3. The molecule has 0 saturated carbocycles. The normalized spacial score (nSPS) is 23.4. The van der Waals surface area contributed by atoms with E-state index in [1.54, 1.807) is 19.2 Å². The van der Waals surface area contributed by atoms with Crippen LogP contribution in [0.3, 0.4) is 0 Å². The van der Waals surface area contributed by atoms with E-state index in [0.717, 1.165) is 19.5 Å². The first kappa shape index (κ1) is 15.1. The van der Waals surface area contributed by atoms with Gasteiger partial charge in [0.15, 0.2) is 0 Å². The van der Waals surface area contributed by atoms with Crippen LogP contribution >= 0.6 is 11.6 Å². The second-order valence-corrected chi connectivity index (χ2v) is 5.79. The number of rotatable bonds is 3. The highest BCUT2D eigenvalue weighted by Gasteiger charge is 2.26. The number of likely N-dealkylation sites (tertiary alicyclic amines) is 1. The summed E-state index contributed by atoms with van der Waals surface area (Å²) in [7, 11) is 3.86. The zero-order valence-corrected chi connectivity index (χ0v) is 12.9. The Balaban J connectivity index is 2.08. The molecule has 1 fully saturated rings. The molecule has 2 heterocycles. The summed E-state index contributed by atoms with van der Waals surface area (Å²) in [5.41, 5.74) is 0.282. The van der Waals surface area contributed by atoms with Crippen LogP contribution in [-0.2, 0) is 0 Å². The number of carbonyl (C=O) groups excluding carboxylic acids is 1. The van der Waals surface area contributed by atoms with Crippen molar-refractivity contribution in [2.24, 2.45) is 5.92 Å². The van der Waals surface area contributed by atoms with Gasteiger partial charge in [-0.05, 0) is 38.1 Å². The molecule has 20 heavy (non-hydrogen) atoms. The first-order valence-corrected chi connectivity index (χ1v) is 7.22. The fraction of sp³-hybridized carbons (Fsp3) is 0.571. The number of hydrogen-bond donors (Lipinski definition) is 2. The van der Waals surface area contributed by atoms with Gasteiger partial charge in [0.2, 0.25) is 0 Å². The number of halogens is 1. The third-order valence-electron chi connectivity index (χ3n) is 3.74. The smallest absolute Gasteiger partial charge is 0.271 e. The van der Waals surface area contributed by atoms with E-state index in [2.05, 4.69) is 34.5 Å². The third-order valence-corrected chi connectivity index (χ3v) is 4.05. The Bertz CT molecular complexity index is 494. The van der Waals surface area contributed by atoms with Gasteiger partial charge in [0.05, 0.1) is 5.02 Å². The first-order valence-electron chi connectivity index (χ1n) is 6.85. The Labute approximate surface area is 124 Å². The summed E-state index contributed by atoms with van der Waals surface area (Å²) in [4.78, 5) is 18.8. The Morgan fingerprint density at radius 1 is 1.50 bits per heavy atom. The number of anilines is 1. The molecule has 0 radical (unpaired) electrons. The summed E-state index contributed by atoms with van der Waals surface area (Å²) in [5, 5.41) is 6.35. The van der Waals surface area contributed by atoms with E-state index in [4.69, 9.17) is 11.6 Å². The monoisotopic (exact) mass is 296 g/mol. The molecule has 0 aliphatic carbocycles. The lowest BCUT2D eigenvalue weighted by Crippen LogP contribution is -2.49. The molecular formula is C14H21ClN4O. The van der Waals surface area contributed by atoms with Crippen molar-refractivity contribution in [2.45, 2.75) is 19.4 Å². The molecule has 6 heteroatoms. The molecule has 2 rings (SSSR count). The minimum absolute atomic E-state index is 0.176. The van der Waals surface area contributed by atoms with E-state index in [0.29, 0.717) is 16.8 Å². The molecule has 1 aliphatic rings. The summed E-state index contributed by atoms with van der Waals surface area (Å²) in [6, 6.07) is 3.61. The molecule has 0 aromatic carbocycles. The van der Waals surface area contributed by atoms with E-state index < -0.39 is 0 Å². The van der Waals surface area contributed by atoms with Crippen molar-refractivity contribution in [1.82, 2.24) is 15.2 Å². The Hall–Kier alpha value is -1.33. The maximum atomic E-state index is 12.3. The number of nitrogens with zero attached hydrogens (tertiary/aromatic N) is 2. The van der Waals surface area contributed by atoms with Gasteiger partial charge in [0, 0.05) is 19.6 Å². The largest absolute Gasteiger partial charge is 0.373 e. The summed E-state index contributed by atoms with van der Waals surface area (Å²) in [5.74, 6) is 0.855. The lowest BCUT2D eigenvalue weighted by Gasteiger charge is -2.35. The quantitative estimate of drug-likeness (QED) is 0.894. The minimum Gasteiger partial charge on any atom is -0.373 e. The molecule has 2 atom stereocenters. The molecule has 1 amide bonds. The molecule has 110 valence electrons. The standard InChI is InChI=1S/C14H21ClN4O/c1-9-8-19(3)7-6-11(9)17-14(20)13-10(15)4-5-12(16-2)18-13/h4-5,9,11H,6-8H2,1-3H3,(H,16,18)(H,17,20). The van der Waals surface area contributed by atoms with Crippen LogP contribution in [0.5, 0.6) is 0 Å². The first-order chi connectivity index (χ1) is 9.51. The van der Waals surface area contributed by atoms with Crippen LogP contribution in [-0.4, -0.2) is 49.0 Å². The Morgan fingerprint density at radius 2 is 2.25 bits per heavy atom. The average Bonchev–Trinajstić information content (AvgIpc) is 2.42. The lowest BCUT2D eigenvalue weighted by atomic mass is 9.94. The highest BCUT2D eigenvalue weighted by molar-refractivity contribution is 6.33. The average molecular weight is 297 g/mol. The lowest BCUT2D eigenvalue weighted by molar-refractivity contribution is 0.0879. The van der Waals surface area contributed by atoms with E-state index in [1.165, 1.54) is 0 Å². The predicted octanol–water partition coefficient (Wildman–Crippen LogP) is 1.85. The second kappa shape index (κ2) is 6.41. The maximum Gasteiger partial charge on any atom is 0.271 e. The zero-order chi connectivity index (χ0) is 14.7.